The zero-order chi connectivity index (χ0) is 32.0. The molecule has 0 spiro atoms. The number of nitrogens with zero attached hydrogens (tertiary/aromatic N) is 4. The maximum Gasteiger partial charge on any atom is 0.302 e. The number of aliphatic hydroxyl groups excluding tert-OH is 1. The summed E-state index contributed by atoms with van der Waals surface area (Å²) in [5.74, 6) is -0.737. The van der Waals surface area contributed by atoms with Gasteiger partial charge in [0, 0.05) is 19.8 Å². The van der Waals surface area contributed by atoms with Gasteiger partial charge in [0.25, 0.3) is 0 Å². The van der Waals surface area contributed by atoms with Crippen molar-refractivity contribution in [3.8, 4) is 0 Å². The lowest BCUT2D eigenvalue weighted by atomic mass is 9.99. The molecule has 0 fully saturated rings. The molecule has 2 amide bonds. The second-order valence-electron chi connectivity index (χ2n) is 9.75. The Hall–Kier alpha value is -3.76. The number of anilines is 2. The van der Waals surface area contributed by atoms with E-state index in [1.165, 1.54) is 36.5 Å². The minimum Gasteiger partial charge on any atom is -0.465 e. The van der Waals surface area contributed by atoms with Gasteiger partial charge in [-0.3, -0.25) is 25.0 Å². The van der Waals surface area contributed by atoms with Gasteiger partial charge in [-0.05, 0) is 29.6 Å². The maximum absolute atomic E-state index is 13.0. The summed E-state index contributed by atoms with van der Waals surface area (Å²) in [6.07, 6.45) is 0.383. The molecule has 3 atom stereocenters. The normalized spacial score (nSPS) is 13.0. The number of nitrogens with one attached hydrogen (secondary N) is 2. The number of aliphatic hydroxyl groups is 1. The topological polar surface area (TPSA) is 166 Å². The first-order chi connectivity index (χ1) is 21.8. The SMILES string of the molecule is CC(=O)OCC(C(=O)Nc1nnc(CCSCCc2nnc(NC(=O)C(COC(C)O)c3ccccc3)s2)s1)c1ccccc1. The van der Waals surface area contributed by atoms with E-state index in [9.17, 15) is 19.5 Å². The Labute approximate surface area is 273 Å². The van der Waals surface area contributed by atoms with Crippen molar-refractivity contribution in [3.63, 3.8) is 0 Å². The number of hydrogen-bond acceptors (Lipinski definition) is 13. The molecule has 2 aromatic heterocycles. The number of carbonyl (C=O) groups excluding carboxylic acids is 3. The van der Waals surface area contributed by atoms with Crippen LogP contribution in [0.4, 0.5) is 10.3 Å². The van der Waals surface area contributed by atoms with Gasteiger partial charge in [-0.1, -0.05) is 83.3 Å². The van der Waals surface area contributed by atoms with Crippen LogP contribution in [0.25, 0.3) is 0 Å². The third-order valence-corrected chi connectivity index (χ3v) is 9.09. The van der Waals surface area contributed by atoms with Gasteiger partial charge in [0.1, 0.15) is 16.6 Å². The maximum atomic E-state index is 13.0. The standard InChI is InChI=1S/C30H34N6O6S3/c1-19(37)41-17-23(21-9-5-3-6-10-21)27(39)31-29-35-33-25(44-29)13-15-43-16-14-26-34-36-30(45-26)32-28(40)24(18-42-20(2)38)22-11-7-4-8-12-22/h3-12,19,23-24,37H,13-18H2,1-2H3,(H,31,35,39)(H,32,36,40). The lowest BCUT2D eigenvalue weighted by Crippen LogP contribution is -2.26. The minimum absolute atomic E-state index is 0.0303. The second-order valence-corrected chi connectivity index (χ2v) is 13.1. The highest BCUT2D eigenvalue weighted by Gasteiger charge is 2.24. The van der Waals surface area contributed by atoms with Gasteiger partial charge in [0.2, 0.25) is 22.1 Å². The largest absolute Gasteiger partial charge is 0.465 e. The number of esters is 1. The number of amides is 2. The van der Waals surface area contributed by atoms with E-state index in [1.54, 1.807) is 11.8 Å². The average molecular weight is 671 g/mol. The predicted molar refractivity (Wildman–Crippen MR) is 174 cm³/mol. The number of rotatable bonds is 17. The lowest BCUT2D eigenvalue weighted by Gasteiger charge is -2.17. The highest BCUT2D eigenvalue weighted by molar-refractivity contribution is 7.99. The van der Waals surface area contributed by atoms with Crippen LogP contribution in [-0.2, 0) is 36.7 Å². The fourth-order valence-electron chi connectivity index (χ4n) is 4.07. The Morgan fingerprint density at radius 1 is 0.778 bits per heavy atom. The van der Waals surface area contributed by atoms with Gasteiger partial charge in [-0.15, -0.1) is 20.4 Å². The van der Waals surface area contributed by atoms with Crippen LogP contribution in [0.3, 0.4) is 0 Å². The van der Waals surface area contributed by atoms with E-state index in [4.69, 9.17) is 9.47 Å². The molecule has 4 aromatic rings. The quantitative estimate of drug-likeness (QED) is 0.0835. The number of ether oxygens (including phenoxy) is 2. The smallest absolute Gasteiger partial charge is 0.302 e. The highest BCUT2D eigenvalue weighted by atomic mass is 32.2. The molecular formula is C30H34N6O6S3. The van der Waals surface area contributed by atoms with Crippen LogP contribution in [0.15, 0.2) is 60.7 Å². The van der Waals surface area contributed by atoms with E-state index in [-0.39, 0.29) is 25.0 Å². The number of hydrogen-bond donors (Lipinski definition) is 3. The summed E-state index contributed by atoms with van der Waals surface area (Å²) in [7, 11) is 0. The Balaban J connectivity index is 1.20. The second kappa shape index (κ2) is 17.7. The first kappa shape index (κ1) is 34.1. The Morgan fingerprint density at radius 2 is 1.24 bits per heavy atom. The third-order valence-electron chi connectivity index (χ3n) is 6.31. The molecular weight excluding hydrogens is 637 g/mol. The third kappa shape index (κ3) is 11.3. The van der Waals surface area contributed by atoms with E-state index >= 15 is 0 Å². The monoisotopic (exact) mass is 670 g/mol. The van der Waals surface area contributed by atoms with Crippen LogP contribution in [0, 0.1) is 0 Å². The van der Waals surface area contributed by atoms with Crippen molar-refractivity contribution in [1.82, 2.24) is 20.4 Å². The van der Waals surface area contributed by atoms with E-state index in [1.807, 2.05) is 60.7 Å². The molecule has 238 valence electrons. The van der Waals surface area contributed by atoms with E-state index in [0.717, 1.165) is 32.6 Å². The van der Waals surface area contributed by atoms with E-state index < -0.39 is 24.1 Å². The molecule has 15 heteroatoms. The van der Waals surface area contributed by atoms with Crippen LogP contribution in [0.1, 0.15) is 46.8 Å². The minimum atomic E-state index is -0.984. The molecule has 0 aliphatic carbocycles. The molecule has 0 aliphatic heterocycles. The summed E-state index contributed by atoms with van der Waals surface area (Å²) >= 11 is 4.36. The van der Waals surface area contributed by atoms with Gasteiger partial charge < -0.3 is 14.6 Å². The molecule has 0 bridgehead atoms. The number of thioether (sulfide) groups is 1. The number of carbonyl (C=O) groups is 3. The number of aryl methyl sites for hydroxylation is 2. The molecule has 0 saturated carbocycles. The molecule has 0 radical (unpaired) electrons. The molecule has 3 unspecified atom stereocenters. The Kier molecular flexibility index (Phi) is 13.4. The molecule has 2 heterocycles. The van der Waals surface area contributed by atoms with Crippen molar-refractivity contribution in [2.24, 2.45) is 0 Å². The van der Waals surface area contributed by atoms with Crippen LogP contribution >= 0.6 is 34.4 Å². The number of benzene rings is 2. The summed E-state index contributed by atoms with van der Waals surface area (Å²) in [6, 6.07) is 18.4. The van der Waals surface area contributed by atoms with Crippen molar-refractivity contribution in [3.05, 3.63) is 81.8 Å². The van der Waals surface area contributed by atoms with Crippen LogP contribution < -0.4 is 10.6 Å². The predicted octanol–water partition coefficient (Wildman–Crippen LogP) is 4.27. The van der Waals surface area contributed by atoms with Crippen LogP contribution in [-0.4, -0.2) is 74.3 Å². The van der Waals surface area contributed by atoms with Gasteiger partial charge in [-0.25, -0.2) is 0 Å². The summed E-state index contributed by atoms with van der Waals surface area (Å²) in [4.78, 5) is 37.3. The first-order valence-corrected chi connectivity index (χ1v) is 16.9. The van der Waals surface area contributed by atoms with Crippen molar-refractivity contribution < 1.29 is 29.0 Å². The zero-order valence-corrected chi connectivity index (χ0v) is 27.2. The van der Waals surface area contributed by atoms with Gasteiger partial charge in [-0.2, -0.15) is 11.8 Å². The van der Waals surface area contributed by atoms with Crippen molar-refractivity contribution in [1.29, 1.82) is 0 Å². The molecule has 2 aromatic carbocycles. The number of aromatic nitrogens is 4. The van der Waals surface area contributed by atoms with E-state index in [0.29, 0.717) is 23.1 Å². The van der Waals surface area contributed by atoms with Gasteiger partial charge >= 0.3 is 5.97 Å². The molecule has 4 rings (SSSR count). The van der Waals surface area contributed by atoms with Crippen LogP contribution in [0.5, 0.6) is 0 Å². The summed E-state index contributed by atoms with van der Waals surface area (Å²) in [5.41, 5.74) is 1.51. The average Bonchev–Trinajstić information content (AvgIpc) is 3.67. The summed E-state index contributed by atoms with van der Waals surface area (Å²) in [6.45, 7) is 2.77. The van der Waals surface area contributed by atoms with Crippen molar-refractivity contribution in [2.75, 3.05) is 35.4 Å². The van der Waals surface area contributed by atoms with E-state index in [2.05, 4.69) is 31.0 Å². The first-order valence-electron chi connectivity index (χ1n) is 14.2. The summed E-state index contributed by atoms with van der Waals surface area (Å²) < 4.78 is 10.4. The molecule has 0 saturated heterocycles. The highest BCUT2D eigenvalue weighted by Crippen LogP contribution is 2.24. The van der Waals surface area contributed by atoms with Gasteiger partial charge in [0.05, 0.1) is 18.4 Å². The van der Waals surface area contributed by atoms with Crippen molar-refractivity contribution >= 4 is 62.5 Å². The zero-order valence-electron chi connectivity index (χ0n) is 24.8. The molecule has 45 heavy (non-hydrogen) atoms. The summed E-state index contributed by atoms with van der Waals surface area (Å²) in [5, 5.41) is 34.1. The molecule has 3 N–H and O–H groups in total. The van der Waals surface area contributed by atoms with Crippen LogP contribution in [0.2, 0.25) is 0 Å². The van der Waals surface area contributed by atoms with Crippen molar-refractivity contribution in [2.45, 2.75) is 44.8 Å². The Morgan fingerprint density at radius 3 is 1.69 bits per heavy atom. The Bertz CT molecular complexity index is 1520. The van der Waals surface area contributed by atoms with Gasteiger partial charge in [0.15, 0.2) is 6.29 Å². The molecule has 0 aliphatic rings. The lowest BCUT2D eigenvalue weighted by molar-refractivity contribution is -0.142. The fourth-order valence-corrected chi connectivity index (χ4v) is 6.69. The fraction of sp³-hybridized carbons (Fsp3) is 0.367. The molecule has 12 nitrogen and oxygen atoms in total.